The Hall–Kier alpha value is -2.07. The molecular formula is C43H77O10P. The van der Waals surface area contributed by atoms with Gasteiger partial charge in [-0.25, -0.2) is 4.57 Å². The Labute approximate surface area is 328 Å². The molecule has 0 saturated carbocycles. The van der Waals surface area contributed by atoms with Crippen molar-refractivity contribution in [3.8, 4) is 0 Å². The fraction of sp³-hybridized carbons (Fsp3) is 0.767. The largest absolute Gasteiger partial charge is 0.469 e. The molecule has 0 bridgehead atoms. The molecule has 0 aromatic heterocycles. The van der Waals surface area contributed by atoms with Gasteiger partial charge in [-0.2, -0.15) is 0 Å². The fourth-order valence-electron chi connectivity index (χ4n) is 5.75. The van der Waals surface area contributed by atoms with Crippen LogP contribution in [-0.4, -0.2) is 63.5 Å². The van der Waals surface area contributed by atoms with Gasteiger partial charge in [0.1, 0.15) is 6.61 Å². The highest BCUT2D eigenvalue weighted by Crippen LogP contribution is 2.36. The first-order chi connectivity index (χ1) is 25.9. The molecule has 3 atom stereocenters. The molecule has 0 heterocycles. The smallest absolute Gasteiger partial charge is 0.462 e. The Kier molecular flexibility index (Phi) is 35.2. The Morgan fingerprint density at radius 1 is 0.611 bits per heavy atom. The van der Waals surface area contributed by atoms with Crippen LogP contribution in [0.2, 0.25) is 0 Å². The third-order valence-electron chi connectivity index (χ3n) is 8.97. The zero-order chi connectivity index (χ0) is 40.1. The molecule has 314 valence electrons. The van der Waals surface area contributed by atoms with Crippen molar-refractivity contribution in [2.75, 3.05) is 13.2 Å². The topological polar surface area (TPSA) is 160 Å². The summed E-state index contributed by atoms with van der Waals surface area (Å²) in [6.45, 7) is 5.75. The number of rotatable bonds is 37. The minimum atomic E-state index is -4.81. The van der Waals surface area contributed by atoms with E-state index in [-0.39, 0.29) is 12.8 Å². The minimum Gasteiger partial charge on any atom is -0.462 e. The van der Waals surface area contributed by atoms with E-state index in [4.69, 9.17) is 19.3 Å². The van der Waals surface area contributed by atoms with Crippen LogP contribution in [0, 0.1) is 5.92 Å². The summed E-state index contributed by atoms with van der Waals surface area (Å²) in [5.74, 6) is -0.306. The lowest BCUT2D eigenvalue weighted by molar-refractivity contribution is -0.161. The number of carbonyl (C=O) groups is 2. The van der Waals surface area contributed by atoms with E-state index < -0.39 is 51.3 Å². The van der Waals surface area contributed by atoms with Crippen LogP contribution in [0.25, 0.3) is 0 Å². The number of aliphatic hydroxyl groups excluding tert-OH is 2. The van der Waals surface area contributed by atoms with Crippen molar-refractivity contribution in [2.24, 2.45) is 5.92 Å². The predicted octanol–water partition coefficient (Wildman–Crippen LogP) is 10.5. The Morgan fingerprint density at radius 2 is 1.15 bits per heavy atom. The second kappa shape index (κ2) is 36.6. The van der Waals surface area contributed by atoms with Gasteiger partial charge >= 0.3 is 19.8 Å². The molecular weight excluding hydrogens is 707 g/mol. The first kappa shape index (κ1) is 51.9. The van der Waals surface area contributed by atoms with Crippen LogP contribution in [0.4, 0.5) is 0 Å². The number of esters is 2. The van der Waals surface area contributed by atoms with E-state index in [0.717, 1.165) is 31.6 Å². The van der Waals surface area contributed by atoms with Crippen LogP contribution >= 0.6 is 7.82 Å². The lowest BCUT2D eigenvalue weighted by Gasteiger charge is -2.18. The van der Waals surface area contributed by atoms with Crippen molar-refractivity contribution in [3.05, 3.63) is 48.6 Å². The van der Waals surface area contributed by atoms with Crippen molar-refractivity contribution in [2.45, 2.75) is 193 Å². The first-order valence-corrected chi connectivity index (χ1v) is 22.5. The summed E-state index contributed by atoms with van der Waals surface area (Å²) in [5.41, 5.74) is 0. The van der Waals surface area contributed by atoms with Gasteiger partial charge in [0.05, 0.1) is 18.8 Å². The van der Waals surface area contributed by atoms with Gasteiger partial charge < -0.3 is 29.5 Å². The van der Waals surface area contributed by atoms with Crippen LogP contribution in [0.15, 0.2) is 48.6 Å². The lowest BCUT2D eigenvalue weighted by atomic mass is 10.0. The van der Waals surface area contributed by atoms with Crippen LogP contribution in [-0.2, 0) is 28.2 Å². The molecule has 4 N–H and O–H groups in total. The highest BCUT2D eigenvalue weighted by atomic mass is 31.2. The Bertz CT molecular complexity index is 1060. The standard InChI is InChI=1S/C43H77O10P/c1-4-5-6-7-19-24-30-39(44)31-25-21-22-26-32-40(45)33-28-35-42(46)51-36-41(37-52-54(48,49)50)53-43(47)34-27-20-17-15-13-11-9-8-10-12-14-16-18-23-29-38(2)3/h19,21-22,24-26,31-32,38-41,44-45H,4-18,20,23,27-30,33-37H2,1-3H3,(H2,48,49,50)/b22-21+,24-19-,31-25+,32-26-/t39-,40-,41-/m1/s1. The molecule has 0 amide bonds. The van der Waals surface area contributed by atoms with Gasteiger partial charge in [-0.05, 0) is 44.4 Å². The molecule has 0 aromatic rings. The third-order valence-corrected chi connectivity index (χ3v) is 9.45. The molecule has 0 rings (SSSR count). The van der Waals surface area contributed by atoms with Crippen molar-refractivity contribution < 1.29 is 48.2 Å². The number of carbonyl (C=O) groups excluding carboxylic acids is 2. The van der Waals surface area contributed by atoms with Crippen molar-refractivity contribution in [1.82, 2.24) is 0 Å². The van der Waals surface area contributed by atoms with E-state index in [1.54, 1.807) is 36.5 Å². The number of aliphatic hydroxyl groups is 2. The second-order valence-electron chi connectivity index (χ2n) is 14.8. The van der Waals surface area contributed by atoms with Gasteiger partial charge in [0, 0.05) is 12.8 Å². The maximum atomic E-state index is 12.4. The number of phosphoric ester groups is 1. The number of hydrogen-bond donors (Lipinski definition) is 4. The molecule has 0 fully saturated rings. The zero-order valence-corrected chi connectivity index (χ0v) is 34.9. The van der Waals surface area contributed by atoms with Gasteiger partial charge in [-0.15, -0.1) is 0 Å². The fourth-order valence-corrected chi connectivity index (χ4v) is 6.11. The molecule has 0 unspecified atom stereocenters. The molecule has 54 heavy (non-hydrogen) atoms. The maximum absolute atomic E-state index is 12.4. The molecule has 11 heteroatoms. The molecule has 10 nitrogen and oxygen atoms in total. The molecule has 0 spiro atoms. The van der Waals surface area contributed by atoms with E-state index in [0.29, 0.717) is 25.7 Å². The summed E-state index contributed by atoms with van der Waals surface area (Å²) < 4.78 is 26.2. The average molecular weight is 785 g/mol. The van der Waals surface area contributed by atoms with Crippen molar-refractivity contribution in [1.29, 1.82) is 0 Å². The number of ether oxygens (including phenoxy) is 2. The first-order valence-electron chi connectivity index (χ1n) is 21.0. The Balaban J connectivity index is 4.17. The molecule has 0 aliphatic carbocycles. The number of hydrogen-bond acceptors (Lipinski definition) is 8. The summed E-state index contributed by atoms with van der Waals surface area (Å²) >= 11 is 0. The van der Waals surface area contributed by atoms with Gasteiger partial charge in [0.25, 0.3) is 0 Å². The van der Waals surface area contributed by atoms with E-state index >= 15 is 0 Å². The molecule has 0 aromatic carbocycles. The van der Waals surface area contributed by atoms with Gasteiger partial charge in [0.15, 0.2) is 6.10 Å². The highest BCUT2D eigenvalue weighted by Gasteiger charge is 2.23. The Morgan fingerprint density at radius 3 is 1.70 bits per heavy atom. The van der Waals surface area contributed by atoms with E-state index in [2.05, 4.69) is 31.4 Å². The minimum absolute atomic E-state index is 0.00705. The molecule has 0 saturated heterocycles. The number of allylic oxidation sites excluding steroid dienone is 5. The van der Waals surface area contributed by atoms with Gasteiger partial charge in [0.2, 0.25) is 0 Å². The van der Waals surface area contributed by atoms with Crippen molar-refractivity contribution in [3.63, 3.8) is 0 Å². The van der Waals surface area contributed by atoms with Crippen LogP contribution in [0.3, 0.4) is 0 Å². The van der Waals surface area contributed by atoms with Crippen molar-refractivity contribution >= 4 is 19.8 Å². The summed E-state index contributed by atoms with van der Waals surface area (Å²) in [7, 11) is -4.81. The number of phosphoric acid groups is 1. The molecule has 0 aliphatic rings. The third kappa shape index (κ3) is 39.6. The van der Waals surface area contributed by atoms with Gasteiger partial charge in [-0.1, -0.05) is 172 Å². The van der Waals surface area contributed by atoms with Crippen LogP contribution < -0.4 is 0 Å². The second-order valence-corrected chi connectivity index (χ2v) is 16.1. The molecule has 0 aliphatic heterocycles. The SMILES string of the molecule is CCCCC/C=C\C[C@@H](O)/C=C/C=C/C=C\[C@@H](O)CCCC(=O)OC[C@H](COP(=O)(O)O)OC(=O)CCCCCCCCCCCCCCCCC(C)C. The summed E-state index contributed by atoms with van der Waals surface area (Å²) in [6, 6.07) is 0. The number of unbranched alkanes of at least 4 members (excludes halogenated alkanes) is 16. The normalized spacial score (nSPS) is 14.2. The summed E-state index contributed by atoms with van der Waals surface area (Å²) in [4.78, 5) is 42.9. The quantitative estimate of drug-likeness (QED) is 0.0157. The summed E-state index contributed by atoms with van der Waals surface area (Å²) in [6.07, 6.45) is 36.1. The monoisotopic (exact) mass is 785 g/mol. The van der Waals surface area contributed by atoms with E-state index in [1.807, 2.05) is 6.08 Å². The maximum Gasteiger partial charge on any atom is 0.469 e. The summed E-state index contributed by atoms with van der Waals surface area (Å²) in [5, 5.41) is 20.2. The highest BCUT2D eigenvalue weighted by molar-refractivity contribution is 7.46. The zero-order valence-electron chi connectivity index (χ0n) is 34.0. The van der Waals surface area contributed by atoms with E-state index in [9.17, 15) is 24.4 Å². The van der Waals surface area contributed by atoms with Crippen LogP contribution in [0.5, 0.6) is 0 Å². The predicted molar refractivity (Wildman–Crippen MR) is 219 cm³/mol. The van der Waals surface area contributed by atoms with E-state index in [1.165, 1.54) is 89.9 Å². The molecule has 0 radical (unpaired) electrons. The van der Waals surface area contributed by atoms with Gasteiger partial charge in [-0.3, -0.25) is 14.1 Å². The average Bonchev–Trinajstić information content (AvgIpc) is 3.11. The van der Waals surface area contributed by atoms with Crippen LogP contribution in [0.1, 0.15) is 175 Å². The lowest BCUT2D eigenvalue weighted by Crippen LogP contribution is -2.29.